The highest BCUT2D eigenvalue weighted by molar-refractivity contribution is 6.29. The fourth-order valence-electron chi connectivity index (χ4n) is 1.96. The van der Waals surface area contributed by atoms with Crippen LogP contribution in [0, 0.1) is 0 Å². The van der Waals surface area contributed by atoms with Crippen molar-refractivity contribution in [1.29, 1.82) is 0 Å². The number of aromatic nitrogens is 2. The van der Waals surface area contributed by atoms with E-state index < -0.39 is 11.7 Å². The zero-order chi connectivity index (χ0) is 14.3. The molecule has 0 radical (unpaired) electrons. The molecule has 0 bridgehead atoms. The Morgan fingerprint density at radius 1 is 1.10 bits per heavy atom. The number of nitrogens with zero attached hydrogens (tertiary/aromatic N) is 2. The molecule has 0 N–H and O–H groups in total. The normalized spacial score (nSPS) is 15.4. The number of hydrogen-bond donors (Lipinski definition) is 0. The molecule has 0 aliphatic heterocycles. The fourth-order valence-corrected chi connectivity index (χ4v) is 2.15. The second-order valence-electron chi connectivity index (χ2n) is 4.79. The number of halogens is 4. The lowest BCUT2D eigenvalue weighted by Gasteiger charge is -2.09. The summed E-state index contributed by atoms with van der Waals surface area (Å²) in [7, 11) is 0. The minimum atomic E-state index is -4.37. The summed E-state index contributed by atoms with van der Waals surface area (Å²) in [4.78, 5) is 8.45. The van der Waals surface area contributed by atoms with Crippen LogP contribution in [0.5, 0.6) is 0 Å². The molecule has 6 heteroatoms. The largest absolute Gasteiger partial charge is 0.416 e. The second kappa shape index (κ2) is 4.74. The molecule has 3 rings (SSSR count). The van der Waals surface area contributed by atoms with E-state index in [1.165, 1.54) is 12.1 Å². The van der Waals surface area contributed by atoms with Gasteiger partial charge < -0.3 is 0 Å². The van der Waals surface area contributed by atoms with Crippen LogP contribution >= 0.6 is 11.6 Å². The van der Waals surface area contributed by atoms with Gasteiger partial charge in [0.1, 0.15) is 11.0 Å². The van der Waals surface area contributed by atoms with Gasteiger partial charge in [-0.2, -0.15) is 13.2 Å². The minimum absolute atomic E-state index is 0.259. The smallest absolute Gasteiger partial charge is 0.232 e. The van der Waals surface area contributed by atoms with Gasteiger partial charge in [-0.25, -0.2) is 9.97 Å². The van der Waals surface area contributed by atoms with Crippen molar-refractivity contribution in [2.24, 2.45) is 0 Å². The third kappa shape index (κ3) is 2.77. The summed E-state index contributed by atoms with van der Waals surface area (Å²) in [5, 5.41) is 0.259. The average Bonchev–Trinajstić information content (AvgIpc) is 3.21. The first-order chi connectivity index (χ1) is 9.43. The van der Waals surface area contributed by atoms with Gasteiger partial charge in [0.25, 0.3) is 0 Å². The Morgan fingerprint density at radius 2 is 1.85 bits per heavy atom. The van der Waals surface area contributed by atoms with Crippen molar-refractivity contribution in [3.63, 3.8) is 0 Å². The van der Waals surface area contributed by atoms with Crippen molar-refractivity contribution in [2.45, 2.75) is 24.9 Å². The Hall–Kier alpha value is -1.62. The van der Waals surface area contributed by atoms with E-state index in [2.05, 4.69) is 9.97 Å². The molecule has 0 amide bonds. The van der Waals surface area contributed by atoms with Crippen molar-refractivity contribution >= 4 is 11.6 Å². The maximum Gasteiger partial charge on any atom is 0.416 e. The Morgan fingerprint density at radius 3 is 2.50 bits per heavy atom. The Labute approximate surface area is 118 Å². The van der Waals surface area contributed by atoms with Crippen molar-refractivity contribution < 1.29 is 13.2 Å². The minimum Gasteiger partial charge on any atom is -0.232 e. The molecule has 2 aromatic rings. The van der Waals surface area contributed by atoms with Gasteiger partial charge in [0.2, 0.25) is 0 Å². The third-order valence-electron chi connectivity index (χ3n) is 3.14. The second-order valence-corrected chi connectivity index (χ2v) is 5.17. The van der Waals surface area contributed by atoms with Crippen LogP contribution in [0.15, 0.2) is 30.3 Å². The van der Waals surface area contributed by atoms with Gasteiger partial charge in [0.15, 0.2) is 0 Å². The molecule has 1 fully saturated rings. The molecule has 0 spiro atoms. The van der Waals surface area contributed by atoms with E-state index in [0.29, 0.717) is 23.0 Å². The van der Waals surface area contributed by atoms with E-state index in [4.69, 9.17) is 11.6 Å². The Kier molecular flexibility index (Phi) is 3.17. The molecular formula is C14H10ClF3N2. The highest BCUT2D eigenvalue weighted by Gasteiger charge is 2.31. The van der Waals surface area contributed by atoms with Gasteiger partial charge in [-0.15, -0.1) is 0 Å². The van der Waals surface area contributed by atoms with Crippen LogP contribution < -0.4 is 0 Å². The monoisotopic (exact) mass is 298 g/mol. The van der Waals surface area contributed by atoms with Gasteiger partial charge in [-0.1, -0.05) is 23.7 Å². The number of benzene rings is 1. The summed E-state index contributed by atoms with van der Waals surface area (Å²) in [6.07, 6.45) is -2.36. The Balaban J connectivity index is 2.04. The predicted molar refractivity (Wildman–Crippen MR) is 69.5 cm³/mol. The van der Waals surface area contributed by atoms with Crippen LogP contribution in [0.2, 0.25) is 5.15 Å². The molecule has 1 saturated carbocycles. The maximum atomic E-state index is 12.7. The molecule has 20 heavy (non-hydrogen) atoms. The zero-order valence-corrected chi connectivity index (χ0v) is 11.0. The number of hydrogen-bond acceptors (Lipinski definition) is 2. The molecule has 1 heterocycles. The van der Waals surface area contributed by atoms with Crippen molar-refractivity contribution in [3.8, 4) is 11.3 Å². The molecule has 1 aromatic heterocycles. The van der Waals surface area contributed by atoms with E-state index >= 15 is 0 Å². The molecule has 0 unspecified atom stereocenters. The summed E-state index contributed by atoms with van der Waals surface area (Å²) in [6, 6.07) is 6.56. The SMILES string of the molecule is FC(F)(F)c1cccc(-c2cc(Cl)nc(C3CC3)n2)c1. The lowest BCUT2D eigenvalue weighted by molar-refractivity contribution is -0.137. The highest BCUT2D eigenvalue weighted by atomic mass is 35.5. The van der Waals surface area contributed by atoms with Crippen LogP contribution in [0.1, 0.15) is 30.1 Å². The first-order valence-electron chi connectivity index (χ1n) is 6.15. The molecule has 104 valence electrons. The first-order valence-corrected chi connectivity index (χ1v) is 6.53. The quantitative estimate of drug-likeness (QED) is 0.751. The van der Waals surface area contributed by atoms with E-state index in [1.54, 1.807) is 6.07 Å². The summed E-state index contributed by atoms with van der Waals surface area (Å²) in [6.45, 7) is 0. The van der Waals surface area contributed by atoms with E-state index in [-0.39, 0.29) is 5.15 Å². The third-order valence-corrected chi connectivity index (χ3v) is 3.33. The number of alkyl halides is 3. The molecule has 1 aromatic carbocycles. The Bertz CT molecular complexity index is 651. The van der Waals surface area contributed by atoms with Crippen LogP contribution in [0.25, 0.3) is 11.3 Å². The van der Waals surface area contributed by atoms with E-state index in [1.807, 2.05) is 0 Å². The zero-order valence-electron chi connectivity index (χ0n) is 10.3. The van der Waals surface area contributed by atoms with Crippen LogP contribution in [0.3, 0.4) is 0 Å². The fraction of sp³-hybridized carbons (Fsp3) is 0.286. The van der Waals surface area contributed by atoms with Gasteiger partial charge in [-0.05, 0) is 25.0 Å². The van der Waals surface area contributed by atoms with Gasteiger partial charge in [0, 0.05) is 17.5 Å². The van der Waals surface area contributed by atoms with Crippen LogP contribution in [-0.4, -0.2) is 9.97 Å². The molecule has 1 aliphatic rings. The molecular weight excluding hydrogens is 289 g/mol. The summed E-state index contributed by atoms with van der Waals surface area (Å²) in [5.74, 6) is 0.906. The van der Waals surface area contributed by atoms with Gasteiger partial charge in [0.05, 0.1) is 11.3 Å². The van der Waals surface area contributed by atoms with Gasteiger partial charge in [-0.3, -0.25) is 0 Å². The lowest BCUT2D eigenvalue weighted by atomic mass is 10.1. The first kappa shape index (κ1) is 13.4. The molecule has 0 atom stereocenters. The van der Waals surface area contributed by atoms with Crippen LogP contribution in [-0.2, 0) is 6.18 Å². The highest BCUT2D eigenvalue weighted by Crippen LogP contribution is 2.39. The number of rotatable bonds is 2. The van der Waals surface area contributed by atoms with Crippen molar-refractivity contribution in [3.05, 3.63) is 46.9 Å². The average molecular weight is 299 g/mol. The van der Waals surface area contributed by atoms with Crippen LogP contribution in [0.4, 0.5) is 13.2 Å². The van der Waals surface area contributed by atoms with Crippen molar-refractivity contribution in [1.82, 2.24) is 9.97 Å². The van der Waals surface area contributed by atoms with E-state index in [9.17, 15) is 13.2 Å². The standard InChI is InChI=1S/C14H10ClF3N2/c15-12-7-11(19-13(20-12)8-4-5-8)9-2-1-3-10(6-9)14(16,17)18/h1-3,6-8H,4-5H2. The summed E-state index contributed by atoms with van der Waals surface area (Å²) in [5.41, 5.74) is 0.127. The molecule has 0 saturated heterocycles. The summed E-state index contributed by atoms with van der Waals surface area (Å²) >= 11 is 5.93. The predicted octanol–water partition coefficient (Wildman–Crippen LogP) is 4.69. The molecule has 1 aliphatic carbocycles. The summed E-state index contributed by atoms with van der Waals surface area (Å²) < 4.78 is 38.2. The van der Waals surface area contributed by atoms with Crippen molar-refractivity contribution in [2.75, 3.05) is 0 Å². The van der Waals surface area contributed by atoms with E-state index in [0.717, 1.165) is 25.0 Å². The van der Waals surface area contributed by atoms with Gasteiger partial charge >= 0.3 is 6.18 Å². The lowest BCUT2D eigenvalue weighted by Crippen LogP contribution is -2.05. The topological polar surface area (TPSA) is 25.8 Å². The maximum absolute atomic E-state index is 12.7. The molecule has 2 nitrogen and oxygen atoms in total.